The molecule has 0 saturated carbocycles. The van der Waals surface area contributed by atoms with Gasteiger partial charge in [0.25, 0.3) is 0 Å². The van der Waals surface area contributed by atoms with Crippen molar-refractivity contribution < 1.29 is 15.0 Å². The number of piperidine rings is 1. The Labute approximate surface area is 65.4 Å². The van der Waals surface area contributed by atoms with Crippen LogP contribution in [0.25, 0.3) is 0 Å². The number of carbonyl (C=O) groups is 1. The van der Waals surface area contributed by atoms with Gasteiger partial charge in [0, 0.05) is 13.1 Å². The van der Waals surface area contributed by atoms with Crippen LogP contribution in [0.3, 0.4) is 0 Å². The highest BCUT2D eigenvalue weighted by molar-refractivity contribution is 5.68. The first-order valence-corrected chi connectivity index (χ1v) is 3.79. The largest absolute Gasteiger partial charge is 0.393 e. The summed E-state index contributed by atoms with van der Waals surface area (Å²) in [5, 5.41) is 19.2. The number of carbonyl (C=O) groups excluding carboxylic acids is 1. The van der Waals surface area contributed by atoms with Gasteiger partial charge in [0.2, 0.25) is 0 Å². The van der Waals surface area contributed by atoms with E-state index in [1.54, 1.807) is 4.90 Å². The van der Waals surface area contributed by atoms with Crippen LogP contribution in [0.4, 0.5) is 0 Å². The topological polar surface area (TPSA) is 60.4 Å². The zero-order valence-electron chi connectivity index (χ0n) is 6.32. The first kappa shape index (κ1) is 8.49. The summed E-state index contributed by atoms with van der Waals surface area (Å²) >= 11 is 0. The van der Waals surface area contributed by atoms with Crippen LogP contribution in [0.5, 0.6) is 0 Å². The predicted molar refractivity (Wildman–Crippen MR) is 37.4 cm³/mol. The molecule has 0 aromatic rings. The normalized spacial score (nSPS) is 21.9. The zero-order chi connectivity index (χ0) is 8.27. The lowest BCUT2D eigenvalue weighted by atomic mass is 10.1. The molecule has 1 rings (SSSR count). The number of hydrogen-bond donors (Lipinski definition) is 1. The molecule has 1 N–H and O–H groups in total. The van der Waals surface area contributed by atoms with Gasteiger partial charge in [0.05, 0.1) is 6.10 Å². The van der Waals surface area contributed by atoms with Crippen molar-refractivity contribution in [1.29, 1.82) is 0 Å². The van der Waals surface area contributed by atoms with Crippen molar-refractivity contribution in [2.75, 3.05) is 19.6 Å². The Hall–Kier alpha value is -0.610. The Morgan fingerprint density at radius 2 is 2.00 bits per heavy atom. The van der Waals surface area contributed by atoms with E-state index in [0.29, 0.717) is 25.9 Å². The summed E-state index contributed by atoms with van der Waals surface area (Å²) in [5.74, 6) is -1.04. The molecule has 4 nitrogen and oxygen atoms in total. The molecule has 0 aromatic carbocycles. The Morgan fingerprint density at radius 3 is 2.45 bits per heavy atom. The fraction of sp³-hybridized carbons (Fsp3) is 0.857. The molecule has 0 spiro atoms. The third kappa shape index (κ3) is 2.86. The lowest BCUT2D eigenvalue weighted by Crippen LogP contribution is -2.38. The molecule has 1 heterocycles. The van der Waals surface area contributed by atoms with Crippen molar-refractivity contribution in [2.24, 2.45) is 0 Å². The van der Waals surface area contributed by atoms with Gasteiger partial charge in [-0.05, 0) is 12.8 Å². The molecule has 11 heavy (non-hydrogen) atoms. The molecule has 0 atom stereocenters. The molecule has 1 radical (unpaired) electrons. The number of likely N-dealkylation sites (tertiary alicyclic amines) is 1. The summed E-state index contributed by atoms with van der Waals surface area (Å²) in [6.45, 7) is 1.32. The molecular weight excluding hydrogens is 146 g/mol. The van der Waals surface area contributed by atoms with Gasteiger partial charge in [-0.15, -0.1) is 0 Å². The summed E-state index contributed by atoms with van der Waals surface area (Å²) in [4.78, 5) is 11.9. The van der Waals surface area contributed by atoms with Crippen LogP contribution in [-0.2, 0) is 9.90 Å². The number of aliphatic hydroxyl groups is 1. The maximum atomic E-state index is 10.1. The molecule has 0 unspecified atom stereocenters. The number of rotatable bonds is 2. The maximum Gasteiger partial charge on any atom is 0.369 e. The van der Waals surface area contributed by atoms with Gasteiger partial charge in [-0.25, -0.2) is 9.90 Å². The highest BCUT2D eigenvalue weighted by atomic mass is 16.4. The number of nitrogens with zero attached hydrogens (tertiary/aromatic N) is 1. The van der Waals surface area contributed by atoms with Gasteiger partial charge in [-0.1, -0.05) is 0 Å². The number of hydrogen-bond acceptors (Lipinski definition) is 3. The summed E-state index contributed by atoms with van der Waals surface area (Å²) < 4.78 is 0. The average molecular weight is 158 g/mol. The lowest BCUT2D eigenvalue weighted by Gasteiger charge is -2.27. The Bertz CT molecular complexity index is 141. The first-order valence-electron chi connectivity index (χ1n) is 3.79. The highest BCUT2D eigenvalue weighted by Crippen LogP contribution is 2.08. The highest BCUT2D eigenvalue weighted by Gasteiger charge is 2.18. The van der Waals surface area contributed by atoms with E-state index < -0.39 is 5.97 Å². The van der Waals surface area contributed by atoms with Crippen LogP contribution in [0.1, 0.15) is 12.8 Å². The minimum atomic E-state index is -1.04. The van der Waals surface area contributed by atoms with Gasteiger partial charge < -0.3 is 5.11 Å². The van der Waals surface area contributed by atoms with E-state index in [-0.39, 0.29) is 12.6 Å². The molecule has 1 fully saturated rings. The lowest BCUT2D eigenvalue weighted by molar-refractivity contribution is -0.145. The molecule has 1 aliphatic rings. The monoisotopic (exact) mass is 158 g/mol. The summed E-state index contributed by atoms with van der Waals surface area (Å²) in [5.41, 5.74) is 0. The standard InChI is InChI=1S/C7H12NO3/c9-6-1-3-8(4-2-6)5-7(10)11/h6,9H,1-5H2. The first-order chi connectivity index (χ1) is 5.18. The molecule has 1 aliphatic heterocycles. The van der Waals surface area contributed by atoms with Gasteiger partial charge in [0.15, 0.2) is 0 Å². The Morgan fingerprint density at radius 1 is 1.45 bits per heavy atom. The van der Waals surface area contributed by atoms with Gasteiger partial charge in [-0.2, -0.15) is 0 Å². The average Bonchev–Trinajstić information content (AvgIpc) is 1.93. The second-order valence-electron chi connectivity index (χ2n) is 2.88. The van der Waals surface area contributed by atoms with E-state index in [2.05, 4.69) is 0 Å². The Balaban J connectivity index is 2.22. The third-order valence-corrected chi connectivity index (χ3v) is 1.91. The summed E-state index contributed by atoms with van der Waals surface area (Å²) in [6, 6.07) is 0. The van der Waals surface area contributed by atoms with Crippen molar-refractivity contribution in [3.05, 3.63) is 0 Å². The van der Waals surface area contributed by atoms with E-state index in [1.165, 1.54) is 0 Å². The van der Waals surface area contributed by atoms with Crippen molar-refractivity contribution in [1.82, 2.24) is 4.90 Å². The molecule has 0 aromatic heterocycles. The summed E-state index contributed by atoms with van der Waals surface area (Å²) in [6.07, 6.45) is 1.11. The van der Waals surface area contributed by atoms with Crippen LogP contribution >= 0.6 is 0 Å². The smallest absolute Gasteiger partial charge is 0.369 e. The molecule has 0 bridgehead atoms. The molecule has 4 heteroatoms. The zero-order valence-corrected chi connectivity index (χ0v) is 6.32. The second-order valence-corrected chi connectivity index (χ2v) is 2.88. The second kappa shape index (κ2) is 3.69. The molecule has 63 valence electrons. The third-order valence-electron chi connectivity index (χ3n) is 1.91. The van der Waals surface area contributed by atoms with E-state index in [4.69, 9.17) is 5.11 Å². The van der Waals surface area contributed by atoms with Gasteiger partial charge >= 0.3 is 5.97 Å². The molecular formula is C7H12NO3. The van der Waals surface area contributed by atoms with Gasteiger partial charge in [0.1, 0.15) is 6.54 Å². The predicted octanol–water partition coefficient (Wildman–Crippen LogP) is -0.600. The van der Waals surface area contributed by atoms with Crippen molar-refractivity contribution in [3.8, 4) is 0 Å². The van der Waals surface area contributed by atoms with E-state index >= 15 is 0 Å². The van der Waals surface area contributed by atoms with Gasteiger partial charge in [-0.3, -0.25) is 4.90 Å². The van der Waals surface area contributed by atoms with Crippen molar-refractivity contribution in [2.45, 2.75) is 18.9 Å². The SMILES string of the molecule is [O]C(=O)CN1CCC(O)CC1. The minimum absolute atomic E-state index is 0.00722. The fourth-order valence-corrected chi connectivity index (χ4v) is 1.26. The number of aliphatic hydroxyl groups excluding tert-OH is 1. The molecule has 1 saturated heterocycles. The quantitative estimate of drug-likeness (QED) is 0.583. The molecule has 0 aliphatic carbocycles. The van der Waals surface area contributed by atoms with Crippen molar-refractivity contribution in [3.63, 3.8) is 0 Å². The van der Waals surface area contributed by atoms with Crippen molar-refractivity contribution >= 4 is 5.97 Å². The van der Waals surface area contributed by atoms with Crippen LogP contribution in [-0.4, -0.2) is 41.7 Å². The summed E-state index contributed by atoms with van der Waals surface area (Å²) in [7, 11) is 0. The van der Waals surface area contributed by atoms with E-state index in [0.717, 1.165) is 0 Å². The van der Waals surface area contributed by atoms with E-state index in [1.807, 2.05) is 0 Å². The Kier molecular flexibility index (Phi) is 2.84. The van der Waals surface area contributed by atoms with E-state index in [9.17, 15) is 9.90 Å². The van der Waals surface area contributed by atoms with Crippen LogP contribution in [0.15, 0.2) is 0 Å². The minimum Gasteiger partial charge on any atom is -0.393 e. The van der Waals surface area contributed by atoms with Crippen LogP contribution < -0.4 is 0 Å². The maximum absolute atomic E-state index is 10.1. The van der Waals surface area contributed by atoms with Crippen LogP contribution in [0, 0.1) is 0 Å². The fourth-order valence-electron chi connectivity index (χ4n) is 1.26. The molecule has 0 amide bonds. The van der Waals surface area contributed by atoms with Crippen LogP contribution in [0.2, 0.25) is 0 Å².